The van der Waals surface area contributed by atoms with Crippen molar-refractivity contribution in [1.29, 1.82) is 5.26 Å². The monoisotopic (exact) mass is 468 g/mol. The van der Waals surface area contributed by atoms with Crippen molar-refractivity contribution in [2.75, 3.05) is 36.5 Å². The van der Waals surface area contributed by atoms with Crippen molar-refractivity contribution in [3.05, 3.63) is 52.6 Å². The molecule has 0 amide bonds. The summed E-state index contributed by atoms with van der Waals surface area (Å²) >= 11 is 0. The van der Waals surface area contributed by atoms with Crippen LogP contribution in [0.15, 0.2) is 24.3 Å². The van der Waals surface area contributed by atoms with E-state index in [2.05, 4.69) is 26.3 Å². The van der Waals surface area contributed by atoms with Gasteiger partial charge in [-0.2, -0.15) is 5.26 Å². The largest absolute Gasteiger partial charge is 0.378 e. The van der Waals surface area contributed by atoms with Crippen LogP contribution in [0.4, 0.5) is 24.8 Å². The van der Waals surface area contributed by atoms with Gasteiger partial charge in [-0.05, 0) is 25.8 Å². The molecule has 1 aliphatic heterocycles. The fourth-order valence-corrected chi connectivity index (χ4v) is 4.31. The van der Waals surface area contributed by atoms with Crippen LogP contribution in [0.3, 0.4) is 0 Å². The third-order valence-corrected chi connectivity index (χ3v) is 6.36. The molecule has 1 saturated carbocycles. The molecule has 1 aromatic carbocycles. The summed E-state index contributed by atoms with van der Waals surface area (Å²) in [4.78, 5) is 15.9. The third kappa shape index (κ3) is 4.01. The number of nitrogens with one attached hydrogen (secondary N) is 1. The summed E-state index contributed by atoms with van der Waals surface area (Å²) in [5.74, 6) is 0.677. The van der Waals surface area contributed by atoms with Gasteiger partial charge < -0.3 is 15.0 Å². The summed E-state index contributed by atoms with van der Waals surface area (Å²) in [6, 6.07) is 8.29. The number of alkyl halides is 2. The predicted octanol–water partition coefficient (Wildman–Crippen LogP) is 4.41. The normalized spacial score (nSPS) is 17.1. The number of ether oxygens (including phenoxy) is 1. The van der Waals surface area contributed by atoms with Crippen LogP contribution >= 0.6 is 0 Å². The molecule has 3 heterocycles. The van der Waals surface area contributed by atoms with Crippen molar-refractivity contribution in [2.45, 2.75) is 38.2 Å². The molecular weight excluding hydrogens is 445 g/mol. The maximum absolute atomic E-state index is 14.5. The number of morpholine rings is 1. The van der Waals surface area contributed by atoms with E-state index in [4.69, 9.17) is 9.72 Å². The van der Waals surface area contributed by atoms with E-state index in [1.54, 1.807) is 6.92 Å². The lowest BCUT2D eigenvalue weighted by Gasteiger charge is -2.30. The van der Waals surface area contributed by atoms with E-state index in [0.29, 0.717) is 49.0 Å². The lowest BCUT2D eigenvalue weighted by atomic mass is 9.96. The number of nitrogens with zero attached hydrogens (tertiary/aromatic N) is 5. The molecule has 3 aromatic rings. The fraction of sp³-hybridized carbons (Fsp3) is 0.417. The molecule has 34 heavy (non-hydrogen) atoms. The first-order valence-corrected chi connectivity index (χ1v) is 11.1. The summed E-state index contributed by atoms with van der Waals surface area (Å²) in [6.07, 6.45) is -1.40. The van der Waals surface area contributed by atoms with E-state index in [1.165, 1.54) is 12.1 Å². The smallest absolute Gasteiger partial charge is 0.266 e. The van der Waals surface area contributed by atoms with Gasteiger partial charge in [-0.3, -0.25) is 0 Å². The Balaban J connectivity index is 1.56. The topological polar surface area (TPSA) is 87.0 Å². The Morgan fingerprint density at radius 3 is 2.65 bits per heavy atom. The quantitative estimate of drug-likeness (QED) is 0.573. The molecule has 5 rings (SSSR count). The van der Waals surface area contributed by atoms with Gasteiger partial charge in [0.05, 0.1) is 35.6 Å². The minimum absolute atomic E-state index is 0.0398. The third-order valence-electron chi connectivity index (χ3n) is 6.36. The van der Waals surface area contributed by atoms with Crippen molar-refractivity contribution >= 4 is 22.7 Å². The Morgan fingerprint density at radius 2 is 1.97 bits per heavy atom. The number of nitriles is 1. The van der Waals surface area contributed by atoms with Gasteiger partial charge in [-0.15, -0.1) is 0 Å². The standard InChI is InChI=1S/C24H23F3N6O/c1-14-30-21(29-12-15-3-2-4-16(19(15)25)20(26)27)17-11-18(24(13-28)5-6-24)23(32-22(17)31-14)33-7-9-34-10-8-33/h2-4,11,20H,5-10,12H2,1H3,(H,29,30,31,32). The van der Waals surface area contributed by atoms with Crippen molar-refractivity contribution in [2.24, 2.45) is 0 Å². The Kier molecular flexibility index (Phi) is 5.73. The summed E-state index contributed by atoms with van der Waals surface area (Å²) in [7, 11) is 0. The van der Waals surface area contributed by atoms with E-state index in [9.17, 15) is 18.4 Å². The first-order chi connectivity index (χ1) is 16.4. The highest BCUT2D eigenvalue weighted by Crippen LogP contribution is 2.51. The van der Waals surface area contributed by atoms with E-state index in [0.717, 1.165) is 30.3 Å². The highest BCUT2D eigenvalue weighted by molar-refractivity contribution is 5.89. The van der Waals surface area contributed by atoms with Crippen molar-refractivity contribution in [3.8, 4) is 6.07 Å². The minimum atomic E-state index is -2.90. The van der Waals surface area contributed by atoms with Gasteiger partial charge in [0, 0.05) is 30.8 Å². The van der Waals surface area contributed by atoms with E-state index < -0.39 is 23.2 Å². The number of pyridine rings is 1. The molecule has 1 aliphatic carbocycles. The number of anilines is 2. The first-order valence-electron chi connectivity index (χ1n) is 11.1. The molecule has 1 N–H and O–H groups in total. The second-order valence-electron chi connectivity index (χ2n) is 8.62. The molecule has 10 heteroatoms. The van der Waals surface area contributed by atoms with Gasteiger partial charge in [-0.1, -0.05) is 18.2 Å². The van der Waals surface area contributed by atoms with Crippen LogP contribution in [-0.4, -0.2) is 41.3 Å². The maximum atomic E-state index is 14.5. The van der Waals surface area contributed by atoms with Crippen LogP contribution in [0.2, 0.25) is 0 Å². The highest BCUT2D eigenvalue weighted by Gasteiger charge is 2.48. The average molecular weight is 468 g/mol. The molecule has 2 fully saturated rings. The number of benzene rings is 1. The lowest BCUT2D eigenvalue weighted by Crippen LogP contribution is -2.38. The molecule has 7 nitrogen and oxygen atoms in total. The molecule has 1 saturated heterocycles. The van der Waals surface area contributed by atoms with Crippen LogP contribution in [-0.2, 0) is 16.7 Å². The van der Waals surface area contributed by atoms with Crippen LogP contribution in [0, 0.1) is 24.1 Å². The second-order valence-corrected chi connectivity index (χ2v) is 8.62. The van der Waals surface area contributed by atoms with Gasteiger partial charge in [0.25, 0.3) is 6.43 Å². The molecule has 2 aromatic heterocycles. The van der Waals surface area contributed by atoms with E-state index >= 15 is 0 Å². The number of halogens is 3. The molecule has 0 spiro atoms. The Labute approximate surface area is 194 Å². The van der Waals surface area contributed by atoms with Crippen molar-refractivity contribution in [1.82, 2.24) is 15.0 Å². The van der Waals surface area contributed by atoms with Gasteiger partial charge in [-0.25, -0.2) is 28.1 Å². The summed E-state index contributed by atoms with van der Waals surface area (Å²) < 4.78 is 46.2. The molecule has 0 bridgehead atoms. The lowest BCUT2D eigenvalue weighted by molar-refractivity contribution is 0.122. The van der Waals surface area contributed by atoms with Crippen LogP contribution in [0.1, 0.15) is 41.8 Å². The first kappa shape index (κ1) is 22.3. The van der Waals surface area contributed by atoms with E-state index in [-0.39, 0.29) is 12.1 Å². The Hall–Kier alpha value is -3.45. The maximum Gasteiger partial charge on any atom is 0.266 e. The molecule has 176 valence electrons. The van der Waals surface area contributed by atoms with Crippen LogP contribution < -0.4 is 10.2 Å². The van der Waals surface area contributed by atoms with Crippen LogP contribution in [0.5, 0.6) is 0 Å². The molecule has 0 unspecified atom stereocenters. The Morgan fingerprint density at radius 1 is 1.21 bits per heavy atom. The minimum Gasteiger partial charge on any atom is -0.378 e. The number of aryl methyl sites for hydroxylation is 1. The molecule has 0 radical (unpaired) electrons. The predicted molar refractivity (Wildman–Crippen MR) is 120 cm³/mol. The van der Waals surface area contributed by atoms with Crippen molar-refractivity contribution in [3.63, 3.8) is 0 Å². The zero-order valence-electron chi connectivity index (χ0n) is 18.6. The number of fused-ring (bicyclic) bond motifs is 1. The number of rotatable bonds is 6. The number of hydrogen-bond acceptors (Lipinski definition) is 7. The van der Waals surface area contributed by atoms with Gasteiger partial charge in [0.2, 0.25) is 0 Å². The van der Waals surface area contributed by atoms with Gasteiger partial charge in [0.1, 0.15) is 23.3 Å². The van der Waals surface area contributed by atoms with E-state index in [1.807, 2.05) is 6.07 Å². The summed E-state index contributed by atoms with van der Waals surface area (Å²) in [5, 5.41) is 13.6. The van der Waals surface area contributed by atoms with Crippen molar-refractivity contribution < 1.29 is 17.9 Å². The molecule has 2 aliphatic rings. The van der Waals surface area contributed by atoms with Gasteiger partial charge >= 0.3 is 0 Å². The number of hydrogen-bond donors (Lipinski definition) is 1. The summed E-state index contributed by atoms with van der Waals surface area (Å²) in [6.45, 7) is 4.19. The number of aromatic nitrogens is 3. The zero-order chi connectivity index (χ0) is 23.9. The SMILES string of the molecule is Cc1nc(NCc2cccc(C(F)F)c2F)c2cc(C3(C#N)CC3)c(N3CCOCC3)nc2n1. The Bertz CT molecular complexity index is 1280. The molecular formula is C24H23F3N6O. The highest BCUT2D eigenvalue weighted by atomic mass is 19.3. The fourth-order valence-electron chi connectivity index (χ4n) is 4.31. The second kappa shape index (κ2) is 8.72. The summed E-state index contributed by atoms with van der Waals surface area (Å²) in [5.41, 5.74) is 0.152. The molecule has 0 atom stereocenters. The zero-order valence-corrected chi connectivity index (χ0v) is 18.6. The van der Waals surface area contributed by atoms with Crippen LogP contribution in [0.25, 0.3) is 11.0 Å². The van der Waals surface area contributed by atoms with Gasteiger partial charge in [0.15, 0.2) is 5.65 Å². The average Bonchev–Trinajstić information content (AvgIpc) is 3.64.